The predicted molar refractivity (Wildman–Crippen MR) is 96.6 cm³/mol. The lowest BCUT2D eigenvalue weighted by atomic mass is 10.1. The molecule has 1 aromatic heterocycles. The van der Waals surface area contributed by atoms with Crippen molar-refractivity contribution in [1.82, 2.24) is 9.97 Å². The molecule has 2 N–H and O–H groups in total. The summed E-state index contributed by atoms with van der Waals surface area (Å²) in [5, 5.41) is 2.73. The summed E-state index contributed by atoms with van der Waals surface area (Å²) >= 11 is 0. The first-order valence-corrected chi connectivity index (χ1v) is 8.23. The fraction of sp³-hybridized carbons (Fsp3) is 0.211. The number of hydrogen-bond acceptors (Lipinski definition) is 3. The minimum absolute atomic E-state index is 0.0509. The minimum atomic E-state index is -0.116. The Bertz CT molecular complexity index is 912. The molecule has 2 heterocycles. The maximum atomic E-state index is 12.5. The van der Waals surface area contributed by atoms with Gasteiger partial charge in [0.1, 0.15) is 5.82 Å². The van der Waals surface area contributed by atoms with Gasteiger partial charge in [0.05, 0.1) is 11.0 Å². The van der Waals surface area contributed by atoms with Gasteiger partial charge < -0.3 is 15.2 Å². The summed E-state index contributed by atoms with van der Waals surface area (Å²) in [7, 11) is 0. The summed E-state index contributed by atoms with van der Waals surface area (Å²) in [6.45, 7) is 2.06. The number of aromatic nitrogens is 2. The smallest absolute Gasteiger partial charge is 0.227 e. The highest BCUT2D eigenvalue weighted by Crippen LogP contribution is 2.31. The van der Waals surface area contributed by atoms with E-state index in [-0.39, 0.29) is 17.7 Å². The van der Waals surface area contributed by atoms with E-state index in [0.717, 1.165) is 28.2 Å². The van der Waals surface area contributed by atoms with E-state index in [1.165, 1.54) is 6.92 Å². The number of fused-ring (bicyclic) bond motifs is 1. The zero-order valence-electron chi connectivity index (χ0n) is 13.8. The van der Waals surface area contributed by atoms with Gasteiger partial charge in [-0.15, -0.1) is 0 Å². The second kappa shape index (κ2) is 6.05. The third-order valence-electron chi connectivity index (χ3n) is 4.42. The first-order valence-electron chi connectivity index (χ1n) is 8.23. The van der Waals surface area contributed by atoms with Crippen molar-refractivity contribution in [3.05, 3.63) is 54.4 Å². The highest BCUT2D eigenvalue weighted by Gasteiger charge is 2.33. The summed E-state index contributed by atoms with van der Waals surface area (Å²) < 4.78 is 0. The molecule has 0 radical (unpaired) electrons. The van der Waals surface area contributed by atoms with E-state index in [1.54, 1.807) is 17.0 Å². The first-order chi connectivity index (χ1) is 12.1. The van der Waals surface area contributed by atoms with Gasteiger partial charge in [0.15, 0.2) is 0 Å². The van der Waals surface area contributed by atoms with Crippen molar-refractivity contribution in [1.29, 1.82) is 0 Å². The Labute approximate surface area is 144 Å². The molecule has 1 fully saturated rings. The van der Waals surface area contributed by atoms with E-state index in [4.69, 9.17) is 0 Å². The van der Waals surface area contributed by atoms with Gasteiger partial charge in [0.2, 0.25) is 11.8 Å². The molecular weight excluding hydrogens is 316 g/mol. The molecule has 2 aromatic carbocycles. The molecule has 6 heteroatoms. The Balaban J connectivity index is 1.54. The Morgan fingerprint density at radius 2 is 1.96 bits per heavy atom. The number of nitrogens with one attached hydrogen (secondary N) is 2. The topological polar surface area (TPSA) is 78.1 Å². The molecule has 2 amide bonds. The number of carbonyl (C=O) groups is 2. The molecule has 1 aliphatic heterocycles. The van der Waals surface area contributed by atoms with Gasteiger partial charge in [0.25, 0.3) is 0 Å². The Morgan fingerprint density at radius 1 is 1.20 bits per heavy atom. The number of rotatable bonds is 3. The van der Waals surface area contributed by atoms with Crippen LogP contribution >= 0.6 is 0 Å². The second-order valence-electron chi connectivity index (χ2n) is 6.27. The lowest BCUT2D eigenvalue weighted by molar-refractivity contribution is -0.117. The normalized spacial score (nSPS) is 17.2. The van der Waals surface area contributed by atoms with Crippen molar-refractivity contribution in [2.24, 2.45) is 0 Å². The van der Waals surface area contributed by atoms with Crippen molar-refractivity contribution in [2.45, 2.75) is 19.3 Å². The van der Waals surface area contributed by atoms with Crippen LogP contribution in [0.4, 0.5) is 11.4 Å². The van der Waals surface area contributed by atoms with Crippen LogP contribution in [-0.4, -0.2) is 28.3 Å². The Kier molecular flexibility index (Phi) is 3.72. The van der Waals surface area contributed by atoms with Crippen molar-refractivity contribution in [2.75, 3.05) is 16.8 Å². The zero-order valence-corrected chi connectivity index (χ0v) is 13.8. The van der Waals surface area contributed by atoms with E-state index in [1.807, 2.05) is 36.4 Å². The van der Waals surface area contributed by atoms with Crippen molar-refractivity contribution in [3.63, 3.8) is 0 Å². The Morgan fingerprint density at radius 3 is 2.68 bits per heavy atom. The summed E-state index contributed by atoms with van der Waals surface area (Å²) in [5.41, 5.74) is 3.46. The number of nitrogens with zero attached hydrogens (tertiary/aromatic N) is 2. The van der Waals surface area contributed by atoms with Crippen molar-refractivity contribution in [3.8, 4) is 0 Å². The molecule has 25 heavy (non-hydrogen) atoms. The molecular formula is C19H18N4O2. The molecule has 1 atom stereocenters. The maximum Gasteiger partial charge on any atom is 0.227 e. The van der Waals surface area contributed by atoms with E-state index < -0.39 is 0 Å². The van der Waals surface area contributed by atoms with Gasteiger partial charge in [-0.05, 0) is 36.4 Å². The molecule has 0 bridgehead atoms. The highest BCUT2D eigenvalue weighted by atomic mass is 16.2. The third kappa shape index (κ3) is 2.98. The standard InChI is InChI=1S/C19H18N4O2/c1-12(24)20-14-6-8-15(9-7-14)23-11-13(10-18(23)25)19-21-16-4-2-3-5-17(16)22-19/h2-9,13H,10-11H2,1H3,(H,20,24)(H,21,22)/t13-/m0/s1. The number of anilines is 2. The Hall–Kier alpha value is -3.15. The molecule has 1 aliphatic rings. The van der Waals surface area contributed by atoms with Crippen LogP contribution in [0.25, 0.3) is 11.0 Å². The van der Waals surface area contributed by atoms with Gasteiger partial charge in [-0.3, -0.25) is 9.59 Å². The summed E-state index contributed by atoms with van der Waals surface area (Å²) in [6.07, 6.45) is 0.438. The van der Waals surface area contributed by atoms with Crippen LogP contribution in [0.2, 0.25) is 0 Å². The largest absolute Gasteiger partial charge is 0.342 e. The number of aromatic amines is 1. The number of benzene rings is 2. The summed E-state index contributed by atoms with van der Waals surface area (Å²) in [4.78, 5) is 33.3. The van der Waals surface area contributed by atoms with E-state index in [2.05, 4.69) is 15.3 Å². The fourth-order valence-corrected chi connectivity index (χ4v) is 3.23. The molecule has 4 rings (SSSR count). The average molecular weight is 334 g/mol. The van der Waals surface area contributed by atoms with Gasteiger partial charge >= 0.3 is 0 Å². The molecule has 126 valence electrons. The van der Waals surface area contributed by atoms with Gasteiger partial charge in [0, 0.05) is 37.2 Å². The van der Waals surface area contributed by atoms with Crippen LogP contribution in [-0.2, 0) is 9.59 Å². The molecule has 3 aromatic rings. The van der Waals surface area contributed by atoms with Gasteiger partial charge in [-0.2, -0.15) is 0 Å². The fourth-order valence-electron chi connectivity index (χ4n) is 3.23. The van der Waals surface area contributed by atoms with Crippen LogP contribution in [0.15, 0.2) is 48.5 Å². The number of amides is 2. The average Bonchev–Trinajstić information content (AvgIpc) is 3.18. The zero-order chi connectivity index (χ0) is 17.4. The predicted octanol–water partition coefficient (Wildman–Crippen LogP) is 3.04. The molecule has 0 spiro atoms. The van der Waals surface area contributed by atoms with E-state index >= 15 is 0 Å². The SMILES string of the molecule is CC(=O)Nc1ccc(N2C[C@@H](c3nc4ccccc4[nH]3)CC2=O)cc1. The molecule has 0 unspecified atom stereocenters. The quantitative estimate of drug-likeness (QED) is 0.773. The van der Waals surface area contributed by atoms with Crippen LogP contribution in [0.5, 0.6) is 0 Å². The number of hydrogen-bond donors (Lipinski definition) is 2. The molecule has 0 aliphatic carbocycles. The number of carbonyl (C=O) groups excluding carboxylic acids is 2. The lowest BCUT2D eigenvalue weighted by Crippen LogP contribution is -2.24. The van der Waals surface area contributed by atoms with Crippen molar-refractivity contribution < 1.29 is 9.59 Å². The molecule has 6 nitrogen and oxygen atoms in total. The van der Waals surface area contributed by atoms with Gasteiger partial charge in [-0.25, -0.2) is 4.98 Å². The molecule has 0 saturated carbocycles. The van der Waals surface area contributed by atoms with E-state index in [0.29, 0.717) is 13.0 Å². The maximum absolute atomic E-state index is 12.5. The monoisotopic (exact) mass is 334 g/mol. The molecule has 1 saturated heterocycles. The van der Waals surface area contributed by atoms with Crippen LogP contribution < -0.4 is 10.2 Å². The number of H-pyrrole nitrogens is 1. The second-order valence-corrected chi connectivity index (χ2v) is 6.27. The number of imidazole rings is 1. The lowest BCUT2D eigenvalue weighted by Gasteiger charge is -2.17. The van der Waals surface area contributed by atoms with Crippen LogP contribution in [0.1, 0.15) is 25.1 Å². The minimum Gasteiger partial charge on any atom is -0.342 e. The third-order valence-corrected chi connectivity index (χ3v) is 4.42. The summed E-state index contributed by atoms with van der Waals surface area (Å²) in [5.74, 6) is 0.870. The first kappa shape index (κ1) is 15.4. The van der Waals surface area contributed by atoms with Crippen LogP contribution in [0, 0.1) is 0 Å². The highest BCUT2D eigenvalue weighted by molar-refractivity contribution is 5.97. The number of para-hydroxylation sites is 2. The van der Waals surface area contributed by atoms with E-state index in [9.17, 15) is 9.59 Å². The summed E-state index contributed by atoms with van der Waals surface area (Å²) in [6, 6.07) is 15.2. The van der Waals surface area contributed by atoms with Crippen LogP contribution in [0.3, 0.4) is 0 Å². The van der Waals surface area contributed by atoms with Crippen molar-refractivity contribution >= 4 is 34.2 Å². The van der Waals surface area contributed by atoms with Gasteiger partial charge in [-0.1, -0.05) is 12.1 Å².